The molecule has 0 aromatic rings. The SMILES string of the molecule is CC[C@H]1OC(=O)[C@H](C)C[C@H](C)C[C@@H](C)C[C@@H](C)CN(C)[C@H](C)[C@@H](O)[C@]1(C)O. The van der Waals surface area contributed by atoms with Gasteiger partial charge < -0.3 is 19.8 Å². The fourth-order valence-corrected chi connectivity index (χ4v) is 4.79. The van der Waals surface area contributed by atoms with Crippen molar-refractivity contribution >= 4 is 5.97 Å². The first-order valence-electron chi connectivity index (χ1n) is 10.7. The topological polar surface area (TPSA) is 70.0 Å². The summed E-state index contributed by atoms with van der Waals surface area (Å²) in [6, 6.07) is -0.244. The highest BCUT2D eigenvalue weighted by Gasteiger charge is 2.44. The van der Waals surface area contributed by atoms with Gasteiger partial charge in [-0.2, -0.15) is 0 Å². The first-order valence-corrected chi connectivity index (χ1v) is 10.7. The minimum atomic E-state index is -1.50. The van der Waals surface area contributed by atoms with E-state index >= 15 is 0 Å². The van der Waals surface area contributed by atoms with E-state index in [0.29, 0.717) is 24.2 Å². The molecule has 0 radical (unpaired) electrons. The minimum absolute atomic E-state index is 0.211. The van der Waals surface area contributed by atoms with Crippen LogP contribution in [0.3, 0.4) is 0 Å². The maximum atomic E-state index is 12.6. The lowest BCUT2D eigenvalue weighted by molar-refractivity contribution is -0.189. The van der Waals surface area contributed by atoms with Crippen LogP contribution in [0.4, 0.5) is 0 Å². The van der Waals surface area contributed by atoms with Crippen LogP contribution in [0.1, 0.15) is 74.1 Å². The van der Waals surface area contributed by atoms with Crippen molar-refractivity contribution in [2.75, 3.05) is 13.6 Å². The van der Waals surface area contributed by atoms with Crippen molar-refractivity contribution in [1.82, 2.24) is 4.90 Å². The zero-order chi connectivity index (χ0) is 20.9. The van der Waals surface area contributed by atoms with Gasteiger partial charge in [-0.25, -0.2) is 0 Å². The fourth-order valence-electron chi connectivity index (χ4n) is 4.79. The van der Waals surface area contributed by atoms with Crippen LogP contribution in [-0.4, -0.2) is 58.5 Å². The number of nitrogens with zero attached hydrogens (tertiary/aromatic N) is 1. The van der Waals surface area contributed by atoms with Crippen molar-refractivity contribution in [3.05, 3.63) is 0 Å². The summed E-state index contributed by atoms with van der Waals surface area (Å²) in [5, 5.41) is 22.0. The third kappa shape index (κ3) is 6.72. The normalized spacial score (nSPS) is 44.2. The molecule has 0 bridgehead atoms. The number of hydrogen-bond donors (Lipinski definition) is 2. The number of cyclic esters (lactones) is 1. The molecule has 8 atom stereocenters. The van der Waals surface area contributed by atoms with E-state index in [-0.39, 0.29) is 17.9 Å². The second-order valence-corrected chi connectivity index (χ2v) is 9.61. The molecule has 5 nitrogen and oxygen atoms in total. The Balaban J connectivity index is 3.12. The summed E-state index contributed by atoms with van der Waals surface area (Å²) in [6.45, 7) is 14.9. The van der Waals surface area contributed by atoms with Crippen molar-refractivity contribution < 1.29 is 19.7 Å². The van der Waals surface area contributed by atoms with Crippen LogP contribution >= 0.6 is 0 Å². The second kappa shape index (κ2) is 10.2. The molecule has 0 aromatic heterocycles. The molecule has 2 N–H and O–H groups in total. The Morgan fingerprint density at radius 3 is 2.15 bits per heavy atom. The fraction of sp³-hybridized carbons (Fsp3) is 0.955. The van der Waals surface area contributed by atoms with Crippen LogP contribution in [0.5, 0.6) is 0 Å². The predicted molar refractivity (Wildman–Crippen MR) is 109 cm³/mol. The highest BCUT2D eigenvalue weighted by molar-refractivity contribution is 5.72. The molecule has 0 aliphatic carbocycles. The Kier molecular flexibility index (Phi) is 9.23. The van der Waals surface area contributed by atoms with Gasteiger partial charge in [0.15, 0.2) is 0 Å². The van der Waals surface area contributed by atoms with Gasteiger partial charge in [0.2, 0.25) is 0 Å². The second-order valence-electron chi connectivity index (χ2n) is 9.61. The molecule has 1 rings (SSSR count). The third-order valence-electron chi connectivity index (χ3n) is 6.40. The van der Waals surface area contributed by atoms with E-state index in [1.807, 2.05) is 27.8 Å². The van der Waals surface area contributed by atoms with Gasteiger partial charge in [0.05, 0.1) is 5.92 Å². The standard InChI is InChI=1S/C22H43NO4/c1-9-19-22(7,26)20(24)18(6)23(8)13-16(4)11-14(2)10-15(3)12-17(5)21(25)27-19/h14-20,24,26H,9-13H2,1-8H3/t14-,15-,16-,17-,18-,19-,20-,22-/m1/s1. The largest absolute Gasteiger partial charge is 0.459 e. The monoisotopic (exact) mass is 385 g/mol. The summed E-state index contributed by atoms with van der Waals surface area (Å²) in [5.41, 5.74) is -1.50. The zero-order valence-corrected chi connectivity index (χ0v) is 18.7. The predicted octanol–water partition coefficient (Wildman–Crippen LogP) is 3.47. The number of rotatable bonds is 1. The maximum absolute atomic E-state index is 12.6. The lowest BCUT2D eigenvalue weighted by Gasteiger charge is -2.41. The summed E-state index contributed by atoms with van der Waals surface area (Å²) in [7, 11) is 1.99. The molecule has 0 aromatic carbocycles. The molecule has 0 amide bonds. The quantitative estimate of drug-likeness (QED) is 0.677. The van der Waals surface area contributed by atoms with Crippen molar-refractivity contribution in [1.29, 1.82) is 0 Å². The van der Waals surface area contributed by atoms with Crippen molar-refractivity contribution in [2.24, 2.45) is 23.7 Å². The van der Waals surface area contributed by atoms with Crippen LogP contribution in [0, 0.1) is 23.7 Å². The molecular weight excluding hydrogens is 342 g/mol. The Labute approximate surface area is 166 Å². The zero-order valence-electron chi connectivity index (χ0n) is 18.7. The minimum Gasteiger partial charge on any atom is -0.459 e. The molecule has 1 aliphatic heterocycles. The molecule has 1 aliphatic rings. The van der Waals surface area contributed by atoms with E-state index in [0.717, 1.165) is 25.8 Å². The van der Waals surface area contributed by atoms with Gasteiger partial charge in [-0.1, -0.05) is 34.6 Å². The molecule has 5 heteroatoms. The van der Waals surface area contributed by atoms with Gasteiger partial charge in [-0.15, -0.1) is 0 Å². The van der Waals surface area contributed by atoms with Crippen molar-refractivity contribution in [3.63, 3.8) is 0 Å². The smallest absolute Gasteiger partial charge is 0.309 e. The third-order valence-corrected chi connectivity index (χ3v) is 6.40. The molecule has 1 saturated heterocycles. The number of carbonyl (C=O) groups excluding carboxylic acids is 1. The van der Waals surface area contributed by atoms with E-state index in [1.165, 1.54) is 0 Å². The van der Waals surface area contributed by atoms with Crippen molar-refractivity contribution in [2.45, 2.75) is 98.0 Å². The van der Waals surface area contributed by atoms with Crippen molar-refractivity contribution in [3.8, 4) is 0 Å². The number of esters is 1. The van der Waals surface area contributed by atoms with E-state index in [2.05, 4.69) is 25.7 Å². The maximum Gasteiger partial charge on any atom is 0.309 e. The molecule has 27 heavy (non-hydrogen) atoms. The van der Waals surface area contributed by atoms with Crippen LogP contribution < -0.4 is 0 Å². The number of hydrogen-bond acceptors (Lipinski definition) is 5. The summed E-state index contributed by atoms with van der Waals surface area (Å²) in [5.74, 6) is 1.04. The highest BCUT2D eigenvalue weighted by atomic mass is 16.6. The van der Waals surface area contributed by atoms with Gasteiger partial charge in [0.1, 0.15) is 17.8 Å². The van der Waals surface area contributed by atoms with Crippen LogP contribution in [0.25, 0.3) is 0 Å². The molecule has 1 fully saturated rings. The van der Waals surface area contributed by atoms with Gasteiger partial charge in [-0.3, -0.25) is 4.79 Å². The van der Waals surface area contributed by atoms with Crippen LogP contribution in [0.15, 0.2) is 0 Å². The Bertz CT molecular complexity index is 467. The van der Waals surface area contributed by atoms with E-state index < -0.39 is 17.8 Å². The van der Waals surface area contributed by atoms with Crippen LogP contribution in [0.2, 0.25) is 0 Å². The average molecular weight is 386 g/mol. The van der Waals surface area contributed by atoms with E-state index in [9.17, 15) is 15.0 Å². The van der Waals surface area contributed by atoms with E-state index in [1.54, 1.807) is 6.92 Å². The van der Waals surface area contributed by atoms with E-state index in [4.69, 9.17) is 4.74 Å². The Morgan fingerprint density at radius 1 is 1.07 bits per heavy atom. The van der Waals surface area contributed by atoms with Gasteiger partial charge in [-0.05, 0) is 64.3 Å². The number of likely N-dealkylation sites (N-methyl/N-ethyl adjacent to an activating group) is 1. The van der Waals surface area contributed by atoms with Gasteiger partial charge in [0.25, 0.3) is 0 Å². The summed E-state index contributed by atoms with van der Waals surface area (Å²) < 4.78 is 5.69. The first-order chi connectivity index (χ1) is 12.4. The number of carbonyl (C=O) groups is 1. The molecule has 0 spiro atoms. The summed E-state index contributed by atoms with van der Waals surface area (Å²) >= 11 is 0. The highest BCUT2D eigenvalue weighted by Crippen LogP contribution is 2.29. The summed E-state index contributed by atoms with van der Waals surface area (Å²) in [4.78, 5) is 14.7. The number of ether oxygens (including phenoxy) is 1. The Morgan fingerprint density at radius 2 is 1.59 bits per heavy atom. The molecule has 160 valence electrons. The number of aliphatic hydroxyl groups excluding tert-OH is 1. The molecular formula is C22H43NO4. The summed E-state index contributed by atoms with van der Waals surface area (Å²) in [6.07, 6.45) is 1.72. The molecule has 0 saturated carbocycles. The lowest BCUT2D eigenvalue weighted by atomic mass is 9.85. The number of aliphatic hydroxyl groups is 2. The Hall–Kier alpha value is -0.650. The lowest BCUT2D eigenvalue weighted by Crippen LogP contribution is -2.58. The molecule has 0 unspecified atom stereocenters. The first kappa shape index (κ1) is 24.4. The average Bonchev–Trinajstić information content (AvgIpc) is 2.56. The van der Waals surface area contributed by atoms with Crippen LogP contribution in [-0.2, 0) is 9.53 Å². The van der Waals surface area contributed by atoms with Gasteiger partial charge in [0, 0.05) is 12.6 Å². The van der Waals surface area contributed by atoms with Gasteiger partial charge >= 0.3 is 5.97 Å². The molecule has 1 heterocycles.